The molecular formula is C28H26FN3O3. The van der Waals surface area contributed by atoms with Gasteiger partial charge in [-0.3, -0.25) is 0 Å². The van der Waals surface area contributed by atoms with Gasteiger partial charge < -0.3 is 20.6 Å². The highest BCUT2D eigenvalue weighted by Gasteiger charge is 2.19. The quantitative estimate of drug-likeness (QED) is 0.195. The minimum Gasteiger partial charge on any atom is -0.494 e. The summed E-state index contributed by atoms with van der Waals surface area (Å²) >= 11 is 0. The molecule has 0 saturated heterocycles. The zero-order valence-electron chi connectivity index (χ0n) is 19.7. The van der Waals surface area contributed by atoms with Crippen LogP contribution in [0.1, 0.15) is 36.1 Å². The van der Waals surface area contributed by atoms with Gasteiger partial charge in [-0.05, 0) is 61.4 Å². The van der Waals surface area contributed by atoms with Crippen LogP contribution >= 0.6 is 0 Å². The number of methoxy groups -OCH3 is 1. The molecule has 0 atom stereocenters. The van der Waals surface area contributed by atoms with Crippen molar-refractivity contribution in [2.24, 2.45) is 10.7 Å². The number of aromatic nitrogens is 1. The summed E-state index contributed by atoms with van der Waals surface area (Å²) < 4.78 is 18.4. The van der Waals surface area contributed by atoms with E-state index in [2.05, 4.69) is 9.72 Å². The molecular weight excluding hydrogens is 445 g/mol. The van der Waals surface area contributed by atoms with Crippen molar-refractivity contribution in [2.75, 3.05) is 7.11 Å². The van der Waals surface area contributed by atoms with Crippen LogP contribution in [-0.4, -0.2) is 28.9 Å². The normalized spacial score (nSPS) is 12.4. The zero-order chi connectivity index (χ0) is 25.2. The monoisotopic (exact) mass is 471 g/mol. The van der Waals surface area contributed by atoms with Crippen LogP contribution in [0.25, 0.3) is 17.0 Å². The molecule has 4 N–H and O–H groups in total. The smallest absolute Gasteiger partial charge is 0.330 e. The van der Waals surface area contributed by atoms with Crippen molar-refractivity contribution in [2.45, 2.75) is 19.4 Å². The number of aromatic hydroxyl groups is 1. The van der Waals surface area contributed by atoms with Gasteiger partial charge in [0.05, 0.1) is 29.6 Å². The van der Waals surface area contributed by atoms with E-state index >= 15 is 0 Å². The number of hydrogen-bond donors (Lipinski definition) is 3. The summed E-state index contributed by atoms with van der Waals surface area (Å²) in [5.74, 6) is -0.972. The molecule has 1 heterocycles. The van der Waals surface area contributed by atoms with Gasteiger partial charge in [0.2, 0.25) is 0 Å². The third-order valence-electron chi connectivity index (χ3n) is 5.63. The van der Waals surface area contributed by atoms with Crippen LogP contribution in [0.5, 0.6) is 5.88 Å². The van der Waals surface area contributed by atoms with Gasteiger partial charge in [0.15, 0.2) is 5.88 Å². The lowest BCUT2D eigenvalue weighted by Gasteiger charge is -2.19. The van der Waals surface area contributed by atoms with Crippen molar-refractivity contribution in [1.82, 2.24) is 4.98 Å². The van der Waals surface area contributed by atoms with Gasteiger partial charge in [-0.1, -0.05) is 36.4 Å². The van der Waals surface area contributed by atoms with E-state index < -0.39 is 17.3 Å². The Balaban J connectivity index is 1.84. The highest BCUT2D eigenvalue weighted by Crippen LogP contribution is 2.32. The van der Waals surface area contributed by atoms with Gasteiger partial charge in [0.1, 0.15) is 5.82 Å². The Morgan fingerprint density at radius 2 is 1.77 bits per heavy atom. The molecule has 1 aromatic heterocycles. The van der Waals surface area contributed by atoms with Crippen LogP contribution in [-0.2, 0) is 15.1 Å². The van der Waals surface area contributed by atoms with Gasteiger partial charge in [0, 0.05) is 22.6 Å². The molecule has 0 unspecified atom stereocenters. The van der Waals surface area contributed by atoms with Crippen LogP contribution in [0, 0.1) is 5.82 Å². The fraction of sp³-hybridized carbons (Fsp3) is 0.143. The van der Waals surface area contributed by atoms with Crippen LogP contribution < -0.4 is 5.73 Å². The number of nitrogens with one attached hydrogen (secondary N) is 1. The number of rotatable bonds is 6. The average molecular weight is 472 g/mol. The number of aromatic amines is 1. The first kappa shape index (κ1) is 23.9. The molecule has 4 rings (SSSR count). The molecule has 6 nitrogen and oxygen atoms in total. The Kier molecular flexibility index (Phi) is 6.53. The van der Waals surface area contributed by atoms with Crippen LogP contribution in [0.2, 0.25) is 0 Å². The molecule has 0 aliphatic heterocycles. The van der Waals surface area contributed by atoms with Crippen molar-refractivity contribution in [1.29, 1.82) is 0 Å². The lowest BCUT2D eigenvalue weighted by Crippen LogP contribution is -2.28. The standard InChI is InChI=1S/C28H26FN3O3/c1-28(2,30)19-9-12-21(13-10-19)31-26(18-7-4-17(5-8-18)6-15-24(33)35-3)25-22-14-11-20(29)16-23(22)32-27(25)34/h4-16,32,34H,30H2,1-3H3/b15-6+,31-26?. The molecule has 7 heteroatoms. The van der Waals surface area contributed by atoms with Gasteiger partial charge in [-0.25, -0.2) is 14.2 Å². The topological polar surface area (TPSA) is 101 Å². The van der Waals surface area contributed by atoms with E-state index in [0.29, 0.717) is 27.9 Å². The van der Waals surface area contributed by atoms with Crippen molar-refractivity contribution in [3.63, 3.8) is 0 Å². The van der Waals surface area contributed by atoms with Crippen LogP contribution in [0.4, 0.5) is 10.1 Å². The number of ether oxygens (including phenoxy) is 1. The van der Waals surface area contributed by atoms with Gasteiger partial charge in [-0.15, -0.1) is 0 Å². The molecule has 0 radical (unpaired) electrons. The number of nitrogens with zero attached hydrogens (tertiary/aromatic N) is 1. The van der Waals surface area contributed by atoms with Gasteiger partial charge in [-0.2, -0.15) is 0 Å². The summed E-state index contributed by atoms with van der Waals surface area (Å²) in [6.45, 7) is 3.85. The summed E-state index contributed by atoms with van der Waals surface area (Å²) in [5.41, 5.74) is 10.3. The molecule has 0 amide bonds. The third-order valence-corrected chi connectivity index (χ3v) is 5.63. The number of fused-ring (bicyclic) bond motifs is 1. The fourth-order valence-corrected chi connectivity index (χ4v) is 3.74. The van der Waals surface area contributed by atoms with Gasteiger partial charge >= 0.3 is 5.97 Å². The molecule has 0 bridgehead atoms. The Hall–Kier alpha value is -4.23. The number of carbonyl (C=O) groups is 1. The van der Waals surface area contributed by atoms with E-state index in [1.54, 1.807) is 12.1 Å². The maximum absolute atomic E-state index is 13.8. The average Bonchev–Trinajstić information content (AvgIpc) is 3.15. The third kappa shape index (κ3) is 5.31. The molecule has 0 aliphatic rings. The van der Waals surface area contributed by atoms with E-state index in [9.17, 15) is 14.3 Å². The fourth-order valence-electron chi connectivity index (χ4n) is 3.74. The first-order valence-electron chi connectivity index (χ1n) is 11.0. The maximum Gasteiger partial charge on any atom is 0.330 e. The number of halogens is 1. The Labute approximate surface area is 202 Å². The molecule has 3 aromatic carbocycles. The summed E-state index contributed by atoms with van der Waals surface area (Å²) in [7, 11) is 1.32. The summed E-state index contributed by atoms with van der Waals surface area (Å²) in [5, 5.41) is 11.4. The van der Waals surface area contributed by atoms with Crippen LogP contribution in [0.15, 0.2) is 77.8 Å². The van der Waals surface area contributed by atoms with E-state index in [4.69, 9.17) is 10.7 Å². The Morgan fingerprint density at radius 1 is 1.09 bits per heavy atom. The number of nitrogens with two attached hydrogens (primary N) is 1. The highest BCUT2D eigenvalue weighted by atomic mass is 19.1. The molecule has 0 fully saturated rings. The predicted molar refractivity (Wildman–Crippen MR) is 136 cm³/mol. The minimum absolute atomic E-state index is 0.112. The Morgan fingerprint density at radius 3 is 2.40 bits per heavy atom. The lowest BCUT2D eigenvalue weighted by molar-refractivity contribution is -0.134. The number of carbonyl (C=O) groups excluding carboxylic acids is 1. The number of esters is 1. The lowest BCUT2D eigenvalue weighted by atomic mass is 9.95. The minimum atomic E-state index is -0.488. The molecule has 0 aliphatic carbocycles. The second-order valence-corrected chi connectivity index (χ2v) is 8.75. The molecule has 4 aromatic rings. The first-order valence-corrected chi connectivity index (χ1v) is 11.0. The SMILES string of the molecule is COC(=O)/C=C/c1ccc(C(=Nc2ccc(C(C)(C)N)cc2)c2c(O)[nH]c3cc(F)ccc23)cc1. The van der Waals surface area contributed by atoms with Crippen molar-refractivity contribution < 1.29 is 19.0 Å². The predicted octanol–water partition coefficient (Wildman–Crippen LogP) is 5.56. The van der Waals surface area contributed by atoms with Crippen molar-refractivity contribution in [3.05, 3.63) is 101 Å². The van der Waals surface area contributed by atoms with Crippen molar-refractivity contribution >= 4 is 34.3 Å². The van der Waals surface area contributed by atoms with Crippen LogP contribution in [0.3, 0.4) is 0 Å². The van der Waals surface area contributed by atoms with E-state index in [1.165, 1.54) is 25.3 Å². The summed E-state index contributed by atoms with van der Waals surface area (Å²) in [6.07, 6.45) is 2.98. The molecule has 0 spiro atoms. The maximum atomic E-state index is 13.8. The van der Waals surface area contributed by atoms with E-state index in [0.717, 1.165) is 16.7 Å². The first-order chi connectivity index (χ1) is 16.7. The highest BCUT2D eigenvalue weighted by molar-refractivity contribution is 6.21. The molecule has 35 heavy (non-hydrogen) atoms. The Bertz CT molecular complexity index is 1430. The number of H-pyrrole nitrogens is 1. The second kappa shape index (κ2) is 9.56. The zero-order valence-corrected chi connectivity index (χ0v) is 19.7. The summed E-state index contributed by atoms with van der Waals surface area (Å²) in [4.78, 5) is 19.1. The molecule has 178 valence electrons. The van der Waals surface area contributed by atoms with Crippen molar-refractivity contribution in [3.8, 4) is 5.88 Å². The molecule has 0 saturated carbocycles. The number of benzene rings is 3. The number of aliphatic imine (C=N–C) groups is 1. The van der Waals surface area contributed by atoms with E-state index in [1.807, 2.05) is 62.4 Å². The van der Waals surface area contributed by atoms with E-state index in [-0.39, 0.29) is 5.88 Å². The van der Waals surface area contributed by atoms with Gasteiger partial charge in [0.25, 0.3) is 0 Å². The second-order valence-electron chi connectivity index (χ2n) is 8.75. The largest absolute Gasteiger partial charge is 0.494 e. The summed E-state index contributed by atoms with van der Waals surface area (Å²) in [6, 6.07) is 19.2. The number of hydrogen-bond acceptors (Lipinski definition) is 5.